The van der Waals surface area contributed by atoms with Gasteiger partial charge in [0.05, 0.1) is 18.8 Å². The normalized spacial score (nSPS) is 17.2. The smallest absolute Gasteiger partial charge is 0.475 e. The van der Waals surface area contributed by atoms with Gasteiger partial charge in [0.25, 0.3) is 0 Å². The van der Waals surface area contributed by atoms with Gasteiger partial charge in [0.15, 0.2) is 0 Å². The van der Waals surface area contributed by atoms with Crippen molar-refractivity contribution in [1.29, 1.82) is 0 Å². The Kier molecular flexibility index (Phi) is 6.60. The Morgan fingerprint density at radius 2 is 2.11 bits per heavy atom. The number of alkyl halides is 3. The SMILES string of the molecule is COCC1CN(Cc2ccc(C)o2)Cc2nnn(C)c21.O=C(O)C(F)(F)F. The molecule has 0 saturated carbocycles. The molecule has 0 bridgehead atoms. The fraction of sp³-hybridized carbons (Fsp3) is 0.562. The third-order valence-corrected chi connectivity index (χ3v) is 3.97. The largest absolute Gasteiger partial charge is 0.490 e. The lowest BCUT2D eigenvalue weighted by molar-refractivity contribution is -0.192. The molecule has 0 fully saturated rings. The van der Waals surface area contributed by atoms with Crippen LogP contribution in [0.4, 0.5) is 13.2 Å². The van der Waals surface area contributed by atoms with Gasteiger partial charge in [-0.05, 0) is 19.1 Å². The highest BCUT2D eigenvalue weighted by molar-refractivity contribution is 5.73. The van der Waals surface area contributed by atoms with Crippen LogP contribution in [0, 0.1) is 6.92 Å². The Labute approximate surface area is 153 Å². The van der Waals surface area contributed by atoms with E-state index in [4.69, 9.17) is 19.1 Å². The molecule has 11 heteroatoms. The predicted octanol–water partition coefficient (Wildman–Crippen LogP) is 2.10. The maximum Gasteiger partial charge on any atom is 0.490 e. The van der Waals surface area contributed by atoms with Crippen molar-refractivity contribution in [3.8, 4) is 0 Å². The van der Waals surface area contributed by atoms with Crippen LogP contribution in [-0.4, -0.2) is 57.4 Å². The van der Waals surface area contributed by atoms with Gasteiger partial charge in [-0.1, -0.05) is 5.21 Å². The number of halogens is 3. The van der Waals surface area contributed by atoms with Crippen LogP contribution in [0.1, 0.15) is 28.8 Å². The second-order valence-corrected chi connectivity index (χ2v) is 6.18. The molecule has 1 unspecified atom stereocenters. The molecule has 1 atom stereocenters. The Morgan fingerprint density at radius 3 is 2.63 bits per heavy atom. The highest BCUT2D eigenvalue weighted by atomic mass is 19.4. The molecule has 1 aliphatic heterocycles. The first-order valence-corrected chi connectivity index (χ1v) is 8.07. The Morgan fingerprint density at radius 1 is 1.44 bits per heavy atom. The number of rotatable bonds is 4. The summed E-state index contributed by atoms with van der Waals surface area (Å²) in [6.07, 6.45) is -5.08. The molecule has 0 spiro atoms. The number of carboxylic acids is 1. The number of nitrogens with zero attached hydrogens (tertiary/aromatic N) is 4. The van der Waals surface area contributed by atoms with Crippen molar-refractivity contribution in [3.05, 3.63) is 35.0 Å². The minimum Gasteiger partial charge on any atom is -0.475 e. The van der Waals surface area contributed by atoms with Crippen molar-refractivity contribution in [3.63, 3.8) is 0 Å². The molecule has 0 aliphatic carbocycles. The van der Waals surface area contributed by atoms with Crippen LogP contribution in [0.5, 0.6) is 0 Å². The molecule has 0 saturated heterocycles. The number of carbonyl (C=O) groups is 1. The molecular weight excluding hydrogens is 369 g/mol. The van der Waals surface area contributed by atoms with Gasteiger partial charge < -0.3 is 14.3 Å². The summed E-state index contributed by atoms with van der Waals surface area (Å²) in [4.78, 5) is 11.2. The van der Waals surface area contributed by atoms with Crippen molar-refractivity contribution in [2.24, 2.45) is 7.05 Å². The molecule has 0 aromatic carbocycles. The Balaban J connectivity index is 0.000000321. The first kappa shape index (κ1) is 20.9. The van der Waals surface area contributed by atoms with Crippen LogP contribution in [0.15, 0.2) is 16.5 Å². The van der Waals surface area contributed by atoms with E-state index < -0.39 is 12.1 Å². The van der Waals surface area contributed by atoms with Crippen molar-refractivity contribution < 1.29 is 32.2 Å². The number of hydrogen-bond acceptors (Lipinski definition) is 6. The van der Waals surface area contributed by atoms with Crippen LogP contribution in [0.25, 0.3) is 0 Å². The van der Waals surface area contributed by atoms with E-state index in [0.717, 1.165) is 36.8 Å². The highest BCUT2D eigenvalue weighted by Gasteiger charge is 2.38. The molecule has 0 radical (unpaired) electrons. The van der Waals surface area contributed by atoms with Crippen molar-refractivity contribution in [1.82, 2.24) is 19.9 Å². The number of hydrogen-bond donors (Lipinski definition) is 1. The van der Waals surface area contributed by atoms with Gasteiger partial charge in [0.1, 0.15) is 17.2 Å². The molecule has 3 heterocycles. The number of carboxylic acid groups (broad SMARTS) is 1. The average Bonchev–Trinajstić information content (AvgIpc) is 3.13. The molecule has 8 nitrogen and oxygen atoms in total. The zero-order chi connectivity index (χ0) is 20.2. The number of aliphatic carboxylic acids is 1. The lowest BCUT2D eigenvalue weighted by Crippen LogP contribution is -2.35. The number of aromatic nitrogens is 3. The number of ether oxygens (including phenoxy) is 1. The monoisotopic (exact) mass is 390 g/mol. The predicted molar refractivity (Wildman–Crippen MR) is 86.9 cm³/mol. The summed E-state index contributed by atoms with van der Waals surface area (Å²) in [6.45, 7) is 5.19. The van der Waals surface area contributed by atoms with Crippen molar-refractivity contribution in [2.45, 2.75) is 32.1 Å². The van der Waals surface area contributed by atoms with E-state index in [1.54, 1.807) is 7.11 Å². The molecular formula is C16H21F3N4O4. The van der Waals surface area contributed by atoms with Crippen LogP contribution < -0.4 is 0 Å². The summed E-state index contributed by atoms with van der Waals surface area (Å²) in [7, 11) is 3.68. The standard InChI is InChI=1S/C14H20N4O2.C2HF3O2/c1-10-4-5-12(20-10)7-18-6-11(9-19-3)14-13(8-18)15-16-17(14)2;3-2(4,5)1(6)7/h4-5,11H,6-9H2,1-3H3;(H,6,7). The zero-order valence-electron chi connectivity index (χ0n) is 15.2. The summed E-state index contributed by atoms with van der Waals surface area (Å²) in [5, 5.41) is 15.5. The molecule has 1 aliphatic rings. The van der Waals surface area contributed by atoms with E-state index in [-0.39, 0.29) is 0 Å². The topological polar surface area (TPSA) is 93.6 Å². The molecule has 150 valence electrons. The number of aryl methyl sites for hydroxylation is 2. The quantitative estimate of drug-likeness (QED) is 0.854. The van der Waals surface area contributed by atoms with Gasteiger partial charge >= 0.3 is 12.1 Å². The fourth-order valence-corrected chi connectivity index (χ4v) is 2.94. The third kappa shape index (κ3) is 5.54. The average molecular weight is 390 g/mol. The van der Waals surface area contributed by atoms with Crippen molar-refractivity contribution >= 4 is 5.97 Å². The summed E-state index contributed by atoms with van der Waals surface area (Å²) >= 11 is 0. The number of methoxy groups -OCH3 is 1. The lowest BCUT2D eigenvalue weighted by Gasteiger charge is -2.31. The molecule has 2 aromatic rings. The minimum atomic E-state index is -5.08. The van der Waals surface area contributed by atoms with Gasteiger partial charge in [0, 0.05) is 33.2 Å². The van der Waals surface area contributed by atoms with E-state index in [0.29, 0.717) is 12.5 Å². The van der Waals surface area contributed by atoms with Gasteiger partial charge in [-0.2, -0.15) is 13.2 Å². The van der Waals surface area contributed by atoms with E-state index in [2.05, 4.69) is 15.2 Å². The fourth-order valence-electron chi connectivity index (χ4n) is 2.94. The van der Waals surface area contributed by atoms with E-state index in [9.17, 15) is 13.2 Å². The summed E-state index contributed by atoms with van der Waals surface area (Å²) in [5.74, 6) is -0.510. The first-order valence-electron chi connectivity index (χ1n) is 8.07. The first-order chi connectivity index (χ1) is 12.6. The second-order valence-electron chi connectivity index (χ2n) is 6.18. The maximum absolute atomic E-state index is 10.6. The van der Waals surface area contributed by atoms with Crippen LogP contribution in [0.2, 0.25) is 0 Å². The molecule has 2 aromatic heterocycles. The summed E-state index contributed by atoms with van der Waals surface area (Å²) < 4.78 is 44.6. The Bertz CT molecular complexity index is 772. The van der Waals surface area contributed by atoms with E-state index >= 15 is 0 Å². The second kappa shape index (κ2) is 8.53. The number of furan rings is 1. The van der Waals surface area contributed by atoms with E-state index in [1.165, 1.54) is 5.69 Å². The van der Waals surface area contributed by atoms with Crippen LogP contribution >= 0.6 is 0 Å². The highest BCUT2D eigenvalue weighted by Crippen LogP contribution is 2.27. The van der Waals surface area contributed by atoms with E-state index in [1.807, 2.05) is 30.8 Å². The van der Waals surface area contributed by atoms with Gasteiger partial charge in [0.2, 0.25) is 0 Å². The van der Waals surface area contributed by atoms with Gasteiger partial charge in [-0.3, -0.25) is 9.58 Å². The third-order valence-electron chi connectivity index (χ3n) is 3.97. The van der Waals surface area contributed by atoms with Crippen molar-refractivity contribution in [2.75, 3.05) is 20.3 Å². The van der Waals surface area contributed by atoms with Gasteiger partial charge in [-0.15, -0.1) is 5.10 Å². The van der Waals surface area contributed by atoms with Crippen LogP contribution in [0.3, 0.4) is 0 Å². The minimum absolute atomic E-state index is 0.305. The Hall–Kier alpha value is -2.40. The molecule has 27 heavy (non-hydrogen) atoms. The molecule has 3 rings (SSSR count). The summed E-state index contributed by atoms with van der Waals surface area (Å²) in [6, 6.07) is 4.03. The van der Waals surface area contributed by atoms with Crippen LogP contribution in [-0.2, 0) is 29.7 Å². The summed E-state index contributed by atoms with van der Waals surface area (Å²) in [5.41, 5.74) is 2.24. The van der Waals surface area contributed by atoms with Gasteiger partial charge in [-0.25, -0.2) is 4.79 Å². The molecule has 0 amide bonds. The zero-order valence-corrected chi connectivity index (χ0v) is 15.2. The molecule has 1 N–H and O–H groups in total. The lowest BCUT2D eigenvalue weighted by atomic mass is 9.99. The number of fused-ring (bicyclic) bond motifs is 1. The maximum atomic E-state index is 10.6.